The third kappa shape index (κ3) is 4.36. The van der Waals surface area contributed by atoms with E-state index in [9.17, 15) is 4.79 Å². The number of amides is 1. The summed E-state index contributed by atoms with van der Waals surface area (Å²) in [4.78, 5) is 15.0. The molecule has 2 aromatic rings. The van der Waals surface area contributed by atoms with Crippen LogP contribution in [-0.4, -0.2) is 48.5 Å². The largest absolute Gasteiger partial charge is 0.379 e. The van der Waals surface area contributed by atoms with E-state index >= 15 is 0 Å². The Morgan fingerprint density at radius 1 is 1.28 bits per heavy atom. The molecule has 0 aliphatic carbocycles. The maximum Gasteiger partial charge on any atom is 0.256 e. The number of aryl methyl sites for hydroxylation is 1. The second-order valence-electron chi connectivity index (χ2n) is 6.06. The van der Waals surface area contributed by atoms with Crippen LogP contribution in [0.1, 0.15) is 27.2 Å². The van der Waals surface area contributed by atoms with Crippen molar-refractivity contribution < 1.29 is 9.53 Å². The number of nitrogens with one attached hydrogen (secondary N) is 2. The first kappa shape index (κ1) is 17.8. The summed E-state index contributed by atoms with van der Waals surface area (Å²) in [5.41, 5.74) is 3.79. The van der Waals surface area contributed by atoms with Crippen LogP contribution in [0.15, 0.2) is 24.3 Å². The van der Waals surface area contributed by atoms with Crippen molar-refractivity contribution in [3.05, 3.63) is 46.6 Å². The molecule has 2 N–H and O–H groups in total. The van der Waals surface area contributed by atoms with E-state index in [-0.39, 0.29) is 5.91 Å². The Balaban J connectivity index is 1.66. The Morgan fingerprint density at radius 2 is 2.00 bits per heavy atom. The highest BCUT2D eigenvalue weighted by Gasteiger charge is 2.18. The molecule has 0 spiro atoms. The monoisotopic (exact) mass is 360 g/mol. The smallest absolute Gasteiger partial charge is 0.256 e. The maximum absolute atomic E-state index is 12.6. The summed E-state index contributed by atoms with van der Waals surface area (Å²) in [7, 11) is 1.81. The molecule has 0 unspecified atom stereocenters. The molecule has 25 heavy (non-hydrogen) atoms. The molecule has 0 bridgehead atoms. The Labute approximate surface area is 152 Å². The van der Waals surface area contributed by atoms with Crippen LogP contribution >= 0.6 is 11.5 Å². The molecule has 0 radical (unpaired) electrons. The highest BCUT2D eigenvalue weighted by molar-refractivity contribution is 7.10. The highest BCUT2D eigenvalue weighted by Crippen LogP contribution is 2.23. The van der Waals surface area contributed by atoms with Crippen molar-refractivity contribution in [2.45, 2.75) is 20.0 Å². The van der Waals surface area contributed by atoms with Crippen LogP contribution < -0.4 is 10.6 Å². The third-order valence-electron chi connectivity index (χ3n) is 4.37. The first-order valence-electron chi connectivity index (χ1n) is 8.48. The van der Waals surface area contributed by atoms with Crippen LogP contribution in [0, 0.1) is 6.92 Å². The zero-order valence-electron chi connectivity index (χ0n) is 14.7. The van der Waals surface area contributed by atoms with E-state index in [1.807, 2.05) is 19.1 Å². The molecular weight excluding hydrogens is 336 g/mol. The number of ether oxygens (including phenoxy) is 1. The fourth-order valence-corrected chi connectivity index (χ4v) is 3.70. The summed E-state index contributed by atoms with van der Waals surface area (Å²) < 4.78 is 9.67. The van der Waals surface area contributed by atoms with Gasteiger partial charge in [-0.2, -0.15) is 4.37 Å². The minimum Gasteiger partial charge on any atom is -0.379 e. The topological polar surface area (TPSA) is 66.5 Å². The Hall–Kier alpha value is -1.96. The fraction of sp³-hybridized carbons (Fsp3) is 0.444. The lowest BCUT2D eigenvalue weighted by molar-refractivity contribution is 0.0340. The molecule has 1 saturated heterocycles. The van der Waals surface area contributed by atoms with E-state index in [2.05, 4.69) is 32.0 Å². The first-order valence-corrected chi connectivity index (χ1v) is 9.25. The summed E-state index contributed by atoms with van der Waals surface area (Å²) >= 11 is 1.31. The first-order chi connectivity index (χ1) is 12.2. The van der Waals surface area contributed by atoms with Gasteiger partial charge in [-0.3, -0.25) is 9.69 Å². The number of hydrogen-bond donors (Lipinski definition) is 2. The molecule has 6 nitrogen and oxygen atoms in total. The van der Waals surface area contributed by atoms with E-state index < -0.39 is 0 Å². The number of nitrogens with zero attached hydrogens (tertiary/aromatic N) is 2. The summed E-state index contributed by atoms with van der Waals surface area (Å²) in [5, 5.41) is 6.88. The highest BCUT2D eigenvalue weighted by atomic mass is 32.1. The number of aromatic nitrogens is 1. The summed E-state index contributed by atoms with van der Waals surface area (Å²) in [6.45, 7) is 6.73. The van der Waals surface area contributed by atoms with Crippen molar-refractivity contribution in [1.82, 2.24) is 14.6 Å². The molecule has 1 aliphatic heterocycles. The van der Waals surface area contributed by atoms with Crippen molar-refractivity contribution in [1.29, 1.82) is 0 Å². The van der Waals surface area contributed by atoms with Gasteiger partial charge in [0.15, 0.2) is 0 Å². The zero-order valence-corrected chi connectivity index (χ0v) is 15.5. The summed E-state index contributed by atoms with van der Waals surface area (Å²) in [5.74, 6) is -0.0863. The molecule has 1 aromatic carbocycles. The number of anilines is 1. The Kier molecular flexibility index (Phi) is 6.01. The quantitative estimate of drug-likeness (QED) is 0.827. The minimum absolute atomic E-state index is 0.0863. The van der Waals surface area contributed by atoms with Gasteiger partial charge in [0.2, 0.25) is 0 Å². The van der Waals surface area contributed by atoms with Crippen LogP contribution in [-0.2, 0) is 17.8 Å². The van der Waals surface area contributed by atoms with Gasteiger partial charge >= 0.3 is 0 Å². The molecule has 1 fully saturated rings. The normalized spacial score (nSPS) is 15.1. The van der Waals surface area contributed by atoms with Crippen molar-refractivity contribution in [3.63, 3.8) is 0 Å². The predicted octanol–water partition coefficient (Wildman–Crippen LogP) is 2.26. The van der Waals surface area contributed by atoms with E-state index in [4.69, 9.17) is 4.74 Å². The van der Waals surface area contributed by atoms with Gasteiger partial charge in [-0.1, -0.05) is 24.3 Å². The van der Waals surface area contributed by atoms with E-state index in [1.165, 1.54) is 17.1 Å². The van der Waals surface area contributed by atoms with E-state index in [1.54, 1.807) is 7.05 Å². The van der Waals surface area contributed by atoms with E-state index in [0.717, 1.165) is 49.1 Å². The van der Waals surface area contributed by atoms with Gasteiger partial charge < -0.3 is 15.4 Å². The van der Waals surface area contributed by atoms with Crippen molar-refractivity contribution in [3.8, 4) is 0 Å². The second kappa shape index (κ2) is 8.42. The van der Waals surface area contributed by atoms with Crippen molar-refractivity contribution in [2.75, 3.05) is 38.7 Å². The number of morpholine rings is 1. The number of rotatable bonds is 6. The molecule has 0 saturated carbocycles. The molecule has 1 aliphatic rings. The van der Waals surface area contributed by atoms with E-state index in [0.29, 0.717) is 12.1 Å². The third-order valence-corrected chi connectivity index (χ3v) is 5.33. The van der Waals surface area contributed by atoms with Gasteiger partial charge in [0.1, 0.15) is 5.00 Å². The zero-order chi connectivity index (χ0) is 17.6. The average molecular weight is 360 g/mol. The molecule has 134 valence electrons. The molecular formula is C18H24N4O2S. The van der Waals surface area contributed by atoms with Crippen molar-refractivity contribution >= 4 is 22.4 Å². The summed E-state index contributed by atoms with van der Waals surface area (Å²) in [6, 6.07) is 8.27. The van der Waals surface area contributed by atoms with Gasteiger partial charge in [0.25, 0.3) is 5.91 Å². The van der Waals surface area contributed by atoms with Crippen LogP contribution in [0.5, 0.6) is 0 Å². The average Bonchev–Trinajstić information content (AvgIpc) is 3.02. The lowest BCUT2D eigenvalue weighted by atomic mass is 10.1. The molecule has 1 amide bonds. The number of benzene rings is 1. The molecule has 7 heteroatoms. The maximum atomic E-state index is 12.6. The molecule has 1 aromatic heterocycles. The molecule has 0 atom stereocenters. The van der Waals surface area contributed by atoms with Gasteiger partial charge in [-0.05, 0) is 29.6 Å². The van der Waals surface area contributed by atoms with Crippen molar-refractivity contribution in [2.24, 2.45) is 0 Å². The molecule has 2 heterocycles. The van der Waals surface area contributed by atoms with Crippen LogP contribution in [0.2, 0.25) is 0 Å². The van der Waals surface area contributed by atoms with Gasteiger partial charge in [-0.25, -0.2) is 0 Å². The lowest BCUT2D eigenvalue weighted by Gasteiger charge is -2.27. The van der Waals surface area contributed by atoms with Gasteiger partial charge in [-0.15, -0.1) is 0 Å². The van der Waals surface area contributed by atoms with Crippen LogP contribution in [0.4, 0.5) is 5.00 Å². The van der Waals surface area contributed by atoms with Gasteiger partial charge in [0, 0.05) is 33.2 Å². The number of carbonyl (C=O) groups excluding carboxylic acids is 1. The Bertz CT molecular complexity index is 726. The standard InChI is InChI=1S/C18H24N4O2S/c1-13-16(18(19-2)25-21-13)17(23)20-11-14-5-3-4-6-15(14)12-22-7-9-24-10-8-22/h3-6,19H,7-12H2,1-2H3,(H,20,23). The molecule has 3 rings (SSSR count). The predicted molar refractivity (Wildman–Crippen MR) is 100 cm³/mol. The number of hydrogen-bond acceptors (Lipinski definition) is 6. The SMILES string of the molecule is CNc1snc(C)c1C(=O)NCc1ccccc1CN1CCOCC1. The lowest BCUT2D eigenvalue weighted by Crippen LogP contribution is -2.36. The van der Waals surface area contributed by atoms with Crippen LogP contribution in [0.25, 0.3) is 0 Å². The second-order valence-corrected chi connectivity index (χ2v) is 6.84. The van der Waals surface area contributed by atoms with Gasteiger partial charge in [0.05, 0.1) is 24.5 Å². The number of carbonyl (C=O) groups is 1. The van der Waals surface area contributed by atoms with Crippen LogP contribution in [0.3, 0.4) is 0 Å². The minimum atomic E-state index is -0.0863. The summed E-state index contributed by atoms with van der Waals surface area (Å²) in [6.07, 6.45) is 0. The Morgan fingerprint density at radius 3 is 2.72 bits per heavy atom. The fourth-order valence-electron chi connectivity index (χ4n) is 2.96.